The molecule has 0 saturated carbocycles. The summed E-state index contributed by atoms with van der Waals surface area (Å²) in [4.78, 5) is 25.4. The second-order valence-corrected chi connectivity index (χ2v) is 12.2. The molecule has 0 radical (unpaired) electrons. The minimum atomic E-state index is -0.964. The largest absolute Gasteiger partial charge is 0.508 e. The third kappa shape index (κ3) is 4.89. The summed E-state index contributed by atoms with van der Waals surface area (Å²) in [5, 5.41) is 33.9. The minimum absolute atomic E-state index is 0.178. The summed E-state index contributed by atoms with van der Waals surface area (Å²) in [5.74, 6) is -1.72. The van der Waals surface area contributed by atoms with Crippen molar-refractivity contribution >= 4 is 17.6 Å². The van der Waals surface area contributed by atoms with Crippen LogP contribution in [-0.2, 0) is 0 Å². The molecule has 1 aliphatic carbocycles. The molecule has 0 aromatic heterocycles. The van der Waals surface area contributed by atoms with Crippen LogP contribution in [0, 0.1) is 0 Å². The lowest BCUT2D eigenvalue weighted by atomic mass is 9.77. The molecule has 2 aliphatic rings. The van der Waals surface area contributed by atoms with Crippen LogP contribution in [0.25, 0.3) is 33.4 Å². The number of nitrogens with zero attached hydrogens (tertiary/aromatic N) is 1. The first-order valence-electron chi connectivity index (χ1n) is 15.7. The van der Waals surface area contributed by atoms with Gasteiger partial charge in [0.1, 0.15) is 11.9 Å². The first kappa shape index (κ1) is 29.2. The molecule has 3 atom stereocenters. The number of rotatable bonds is 6. The van der Waals surface area contributed by atoms with Gasteiger partial charge in [0.25, 0.3) is 0 Å². The summed E-state index contributed by atoms with van der Waals surface area (Å²) < 4.78 is 0. The Balaban J connectivity index is 1.33. The van der Waals surface area contributed by atoms with Gasteiger partial charge in [-0.2, -0.15) is 0 Å². The van der Waals surface area contributed by atoms with Crippen molar-refractivity contribution in [2.75, 3.05) is 4.90 Å². The number of para-hydroxylation sites is 2. The Morgan fingerprint density at radius 3 is 1.60 bits per heavy atom. The highest BCUT2D eigenvalue weighted by molar-refractivity contribution is 5.90. The SMILES string of the molecule is O=C(O)c1ccc(-c2ccc3c(c2)C2NC(c4ccccc4O)N(c4ccccc4)C2c2cc(-c4ccc(C(=O)O)cc4)ccc2-3)cc1. The Hall–Kier alpha value is -6.18. The lowest BCUT2D eigenvalue weighted by Crippen LogP contribution is -2.29. The van der Waals surface area contributed by atoms with E-state index in [9.17, 15) is 24.9 Å². The molecule has 0 amide bonds. The van der Waals surface area contributed by atoms with E-state index in [2.05, 4.69) is 58.7 Å². The quantitative estimate of drug-likeness (QED) is 0.146. The second kappa shape index (κ2) is 11.6. The molecule has 7 heteroatoms. The molecule has 1 heterocycles. The molecule has 1 aliphatic heterocycles. The van der Waals surface area contributed by atoms with E-state index in [1.165, 1.54) is 0 Å². The van der Waals surface area contributed by atoms with Crippen LogP contribution >= 0.6 is 0 Å². The number of hydrogen-bond acceptors (Lipinski definition) is 5. The van der Waals surface area contributed by atoms with Crippen LogP contribution in [-0.4, -0.2) is 27.3 Å². The molecule has 0 bridgehead atoms. The molecule has 1 saturated heterocycles. The van der Waals surface area contributed by atoms with Gasteiger partial charge in [-0.05, 0) is 99.1 Å². The number of anilines is 1. The number of aromatic carboxylic acids is 2. The van der Waals surface area contributed by atoms with Crippen molar-refractivity contribution in [3.63, 3.8) is 0 Å². The van der Waals surface area contributed by atoms with Crippen molar-refractivity contribution in [1.29, 1.82) is 0 Å². The molecule has 48 heavy (non-hydrogen) atoms. The van der Waals surface area contributed by atoms with E-state index in [0.717, 1.165) is 55.8 Å². The van der Waals surface area contributed by atoms with Gasteiger partial charge in [0.15, 0.2) is 0 Å². The lowest BCUT2D eigenvalue weighted by molar-refractivity contribution is 0.0686. The van der Waals surface area contributed by atoms with Gasteiger partial charge in [-0.15, -0.1) is 0 Å². The molecule has 7 nitrogen and oxygen atoms in total. The van der Waals surface area contributed by atoms with E-state index in [-0.39, 0.29) is 35.1 Å². The topological polar surface area (TPSA) is 110 Å². The summed E-state index contributed by atoms with van der Waals surface area (Å²) >= 11 is 0. The molecule has 6 aromatic rings. The van der Waals surface area contributed by atoms with Crippen LogP contribution in [0.1, 0.15) is 55.7 Å². The monoisotopic (exact) mass is 630 g/mol. The maximum absolute atomic E-state index is 11.5. The Morgan fingerprint density at radius 1 is 0.542 bits per heavy atom. The Kier molecular flexibility index (Phi) is 7.04. The predicted octanol–water partition coefficient (Wildman–Crippen LogP) is 8.69. The summed E-state index contributed by atoms with van der Waals surface area (Å²) in [6, 6.07) is 43.9. The van der Waals surface area contributed by atoms with Crippen molar-refractivity contribution in [3.05, 3.63) is 167 Å². The molecule has 0 spiro atoms. The van der Waals surface area contributed by atoms with Gasteiger partial charge in [-0.25, -0.2) is 9.59 Å². The average Bonchev–Trinajstić information content (AvgIpc) is 3.53. The van der Waals surface area contributed by atoms with Gasteiger partial charge < -0.3 is 20.2 Å². The number of phenols is 1. The van der Waals surface area contributed by atoms with Gasteiger partial charge in [0.05, 0.1) is 23.2 Å². The number of carboxylic acid groups (broad SMARTS) is 2. The van der Waals surface area contributed by atoms with Crippen molar-refractivity contribution in [3.8, 4) is 39.1 Å². The first-order chi connectivity index (χ1) is 23.4. The molecule has 8 rings (SSSR count). The third-order valence-electron chi connectivity index (χ3n) is 9.49. The smallest absolute Gasteiger partial charge is 0.335 e. The molecule has 4 N–H and O–H groups in total. The molecule has 3 unspecified atom stereocenters. The zero-order valence-electron chi connectivity index (χ0n) is 25.6. The molecule has 1 fully saturated rings. The van der Waals surface area contributed by atoms with Crippen molar-refractivity contribution in [2.24, 2.45) is 0 Å². The van der Waals surface area contributed by atoms with E-state index in [1.807, 2.05) is 60.7 Å². The van der Waals surface area contributed by atoms with Gasteiger partial charge in [0.2, 0.25) is 0 Å². The number of phenolic OH excluding ortho intramolecular Hbond substituents is 1. The zero-order chi connectivity index (χ0) is 32.9. The molecular formula is C41H30N2O5. The first-order valence-corrected chi connectivity index (χ1v) is 15.7. The van der Waals surface area contributed by atoms with Gasteiger partial charge in [-0.3, -0.25) is 5.32 Å². The maximum atomic E-state index is 11.5. The fraction of sp³-hybridized carbons (Fsp3) is 0.0732. The molecular weight excluding hydrogens is 600 g/mol. The van der Waals surface area contributed by atoms with Gasteiger partial charge in [-0.1, -0.05) is 84.9 Å². The van der Waals surface area contributed by atoms with E-state index in [4.69, 9.17) is 0 Å². The maximum Gasteiger partial charge on any atom is 0.335 e. The van der Waals surface area contributed by atoms with E-state index >= 15 is 0 Å². The number of hydrogen-bond donors (Lipinski definition) is 4. The normalized spacial score (nSPS) is 17.7. The summed E-state index contributed by atoms with van der Waals surface area (Å²) in [5.41, 5.74) is 10.4. The van der Waals surface area contributed by atoms with Crippen LogP contribution in [0.3, 0.4) is 0 Å². The fourth-order valence-electron chi connectivity index (χ4n) is 7.21. The van der Waals surface area contributed by atoms with Gasteiger partial charge >= 0.3 is 11.9 Å². The third-order valence-corrected chi connectivity index (χ3v) is 9.49. The lowest BCUT2D eigenvalue weighted by Gasteiger charge is -2.37. The van der Waals surface area contributed by atoms with Crippen LogP contribution in [0.4, 0.5) is 5.69 Å². The van der Waals surface area contributed by atoms with Crippen molar-refractivity contribution in [2.45, 2.75) is 18.2 Å². The standard InChI is InChI=1S/C41H30N2O5/c44-36-9-5-4-8-33(36)39-42-37-34-22-28(24-10-14-26(15-11-24)40(45)46)18-20-31(34)32-21-19-29(25-12-16-27(17-13-25)41(47)48)23-35(32)38(37)43(39)30-6-2-1-3-7-30/h1-23,37-39,42,44H,(H,45,46)(H,47,48). The Labute approximate surface area is 277 Å². The fourth-order valence-corrected chi connectivity index (χ4v) is 7.21. The number of carboxylic acids is 2. The zero-order valence-corrected chi connectivity index (χ0v) is 25.6. The number of aromatic hydroxyl groups is 1. The van der Waals surface area contributed by atoms with E-state index in [1.54, 1.807) is 30.3 Å². The number of carbonyl (C=O) groups is 2. The van der Waals surface area contributed by atoms with E-state index in [0.29, 0.717) is 0 Å². The average molecular weight is 631 g/mol. The summed E-state index contributed by atoms with van der Waals surface area (Å²) in [6.45, 7) is 0. The van der Waals surface area contributed by atoms with Crippen LogP contribution in [0.15, 0.2) is 140 Å². The summed E-state index contributed by atoms with van der Waals surface area (Å²) in [7, 11) is 0. The van der Waals surface area contributed by atoms with Crippen molar-refractivity contribution in [1.82, 2.24) is 5.32 Å². The number of benzene rings is 6. The number of fused-ring (bicyclic) bond motifs is 6. The molecule has 234 valence electrons. The number of nitrogens with one attached hydrogen (secondary N) is 1. The second-order valence-electron chi connectivity index (χ2n) is 12.2. The highest BCUT2D eigenvalue weighted by Gasteiger charge is 2.47. The van der Waals surface area contributed by atoms with Crippen molar-refractivity contribution < 1.29 is 24.9 Å². The summed E-state index contributed by atoms with van der Waals surface area (Å²) in [6.07, 6.45) is -0.362. The van der Waals surface area contributed by atoms with Crippen LogP contribution in [0.5, 0.6) is 5.75 Å². The Morgan fingerprint density at radius 2 is 1.04 bits per heavy atom. The predicted molar refractivity (Wildman–Crippen MR) is 185 cm³/mol. The van der Waals surface area contributed by atoms with Crippen LogP contribution < -0.4 is 10.2 Å². The molecule has 6 aromatic carbocycles. The Bertz CT molecular complexity index is 2200. The van der Waals surface area contributed by atoms with Gasteiger partial charge in [0, 0.05) is 11.3 Å². The highest BCUT2D eigenvalue weighted by Crippen LogP contribution is 2.56. The highest BCUT2D eigenvalue weighted by atomic mass is 16.4. The van der Waals surface area contributed by atoms with Crippen LogP contribution in [0.2, 0.25) is 0 Å². The minimum Gasteiger partial charge on any atom is -0.508 e. The van der Waals surface area contributed by atoms with E-state index < -0.39 is 11.9 Å².